The maximum atomic E-state index is 11.7. The van der Waals surface area contributed by atoms with E-state index in [1.807, 2.05) is 4.90 Å². The Balaban J connectivity index is 2.39. The summed E-state index contributed by atoms with van der Waals surface area (Å²) in [5, 5.41) is 8.50. The van der Waals surface area contributed by atoms with E-state index in [2.05, 4.69) is 6.92 Å². The number of aliphatic carboxylic acids is 1. The van der Waals surface area contributed by atoms with E-state index < -0.39 is 5.97 Å². The second-order valence-electron chi connectivity index (χ2n) is 4.33. The number of amides is 1. The van der Waals surface area contributed by atoms with Gasteiger partial charge in [0.05, 0.1) is 6.42 Å². The van der Waals surface area contributed by atoms with Crippen molar-refractivity contribution in [3.63, 3.8) is 0 Å². The second kappa shape index (κ2) is 5.73. The number of hydrogen-bond acceptors (Lipinski definition) is 2. The van der Waals surface area contributed by atoms with Crippen LogP contribution in [0.15, 0.2) is 0 Å². The number of carboxylic acids is 1. The van der Waals surface area contributed by atoms with Crippen molar-refractivity contribution in [2.24, 2.45) is 5.92 Å². The van der Waals surface area contributed by atoms with Gasteiger partial charge in [0, 0.05) is 19.5 Å². The molecule has 1 rings (SSSR count). The van der Waals surface area contributed by atoms with Gasteiger partial charge in [0.2, 0.25) is 5.91 Å². The first-order valence-electron chi connectivity index (χ1n) is 5.59. The van der Waals surface area contributed by atoms with Gasteiger partial charge in [-0.1, -0.05) is 13.3 Å². The van der Waals surface area contributed by atoms with Crippen LogP contribution < -0.4 is 0 Å². The van der Waals surface area contributed by atoms with Crippen LogP contribution in [0.2, 0.25) is 0 Å². The molecule has 1 amide bonds. The average molecular weight is 213 g/mol. The lowest BCUT2D eigenvalue weighted by molar-refractivity contribution is -0.141. The minimum Gasteiger partial charge on any atom is -0.481 e. The molecule has 0 radical (unpaired) electrons. The Labute approximate surface area is 90.3 Å². The highest BCUT2D eigenvalue weighted by molar-refractivity contribution is 5.80. The third kappa shape index (κ3) is 4.32. The van der Waals surface area contributed by atoms with Crippen molar-refractivity contribution in [3.8, 4) is 0 Å². The van der Waals surface area contributed by atoms with Gasteiger partial charge >= 0.3 is 5.97 Å². The zero-order valence-corrected chi connectivity index (χ0v) is 9.24. The Morgan fingerprint density at radius 1 is 1.33 bits per heavy atom. The third-order valence-corrected chi connectivity index (χ3v) is 2.81. The molecular formula is C11H19NO3. The predicted octanol–water partition coefficient (Wildman–Crippen LogP) is 1.50. The van der Waals surface area contributed by atoms with Gasteiger partial charge in [-0.2, -0.15) is 0 Å². The van der Waals surface area contributed by atoms with Crippen molar-refractivity contribution < 1.29 is 14.7 Å². The maximum Gasteiger partial charge on any atom is 0.303 e. The molecule has 0 aromatic heterocycles. The van der Waals surface area contributed by atoms with E-state index in [1.165, 1.54) is 12.8 Å². The molecule has 0 saturated carbocycles. The predicted molar refractivity (Wildman–Crippen MR) is 56.5 cm³/mol. The number of likely N-dealkylation sites (tertiary alicyclic amines) is 1. The van der Waals surface area contributed by atoms with Crippen LogP contribution in [0.4, 0.5) is 0 Å². The van der Waals surface area contributed by atoms with Crippen LogP contribution in [-0.4, -0.2) is 35.0 Å². The van der Waals surface area contributed by atoms with E-state index >= 15 is 0 Å². The highest BCUT2D eigenvalue weighted by atomic mass is 16.4. The van der Waals surface area contributed by atoms with Gasteiger partial charge in [-0.3, -0.25) is 9.59 Å². The summed E-state index contributed by atoms with van der Waals surface area (Å²) < 4.78 is 0. The van der Waals surface area contributed by atoms with Gasteiger partial charge in [-0.15, -0.1) is 0 Å². The molecule has 1 unspecified atom stereocenters. The molecule has 4 nitrogen and oxygen atoms in total. The Morgan fingerprint density at radius 2 is 2.07 bits per heavy atom. The molecule has 1 aliphatic rings. The molecule has 4 heteroatoms. The zero-order valence-electron chi connectivity index (χ0n) is 9.24. The first-order chi connectivity index (χ1) is 7.09. The van der Waals surface area contributed by atoms with Crippen LogP contribution in [0, 0.1) is 5.92 Å². The molecule has 1 N–H and O–H groups in total. The second-order valence-corrected chi connectivity index (χ2v) is 4.33. The standard InChI is InChI=1S/C11H19NO3/c1-9-4-2-3-7-12(8-9)10(13)5-6-11(14)15/h9H,2-8H2,1H3,(H,14,15). The van der Waals surface area contributed by atoms with Crippen LogP contribution >= 0.6 is 0 Å². The molecule has 15 heavy (non-hydrogen) atoms. The minimum absolute atomic E-state index is 0.00819. The highest BCUT2D eigenvalue weighted by Crippen LogP contribution is 2.16. The fourth-order valence-electron chi connectivity index (χ4n) is 1.95. The number of hydrogen-bond donors (Lipinski definition) is 1. The number of carbonyl (C=O) groups excluding carboxylic acids is 1. The lowest BCUT2D eigenvalue weighted by Crippen LogP contribution is -2.34. The average Bonchev–Trinajstić information content (AvgIpc) is 2.39. The molecule has 1 heterocycles. The van der Waals surface area contributed by atoms with E-state index in [0.717, 1.165) is 19.5 Å². The summed E-state index contributed by atoms with van der Waals surface area (Å²) in [6.45, 7) is 3.73. The number of carbonyl (C=O) groups is 2. The Morgan fingerprint density at radius 3 is 2.73 bits per heavy atom. The topological polar surface area (TPSA) is 57.6 Å². The molecule has 0 spiro atoms. The fourth-order valence-corrected chi connectivity index (χ4v) is 1.95. The summed E-state index contributed by atoms with van der Waals surface area (Å²) in [4.78, 5) is 23.8. The van der Waals surface area contributed by atoms with Gasteiger partial charge in [0.15, 0.2) is 0 Å². The number of nitrogens with zero attached hydrogens (tertiary/aromatic N) is 1. The lowest BCUT2D eigenvalue weighted by Gasteiger charge is -2.22. The number of rotatable bonds is 3. The lowest BCUT2D eigenvalue weighted by atomic mass is 10.1. The highest BCUT2D eigenvalue weighted by Gasteiger charge is 2.19. The van der Waals surface area contributed by atoms with Crippen molar-refractivity contribution in [1.29, 1.82) is 0 Å². The van der Waals surface area contributed by atoms with E-state index in [-0.39, 0.29) is 18.7 Å². The molecule has 0 aromatic rings. The van der Waals surface area contributed by atoms with E-state index in [4.69, 9.17) is 5.11 Å². The molecule has 1 fully saturated rings. The smallest absolute Gasteiger partial charge is 0.303 e. The van der Waals surface area contributed by atoms with Gasteiger partial charge in [-0.25, -0.2) is 0 Å². The maximum absolute atomic E-state index is 11.7. The van der Waals surface area contributed by atoms with Crippen LogP contribution in [0.25, 0.3) is 0 Å². The Kier molecular flexibility index (Phi) is 4.59. The van der Waals surface area contributed by atoms with Crippen molar-refractivity contribution in [2.45, 2.75) is 39.0 Å². The molecule has 86 valence electrons. The molecule has 1 saturated heterocycles. The summed E-state index contributed by atoms with van der Waals surface area (Å²) in [6.07, 6.45) is 3.47. The van der Waals surface area contributed by atoms with Gasteiger partial charge < -0.3 is 10.0 Å². The van der Waals surface area contributed by atoms with Crippen LogP contribution in [-0.2, 0) is 9.59 Å². The first-order valence-corrected chi connectivity index (χ1v) is 5.59. The molecular weight excluding hydrogens is 194 g/mol. The normalized spacial score (nSPS) is 22.2. The van der Waals surface area contributed by atoms with Crippen molar-refractivity contribution >= 4 is 11.9 Å². The SMILES string of the molecule is CC1CCCCN(C(=O)CCC(=O)O)C1. The summed E-state index contributed by atoms with van der Waals surface area (Å²) in [5.41, 5.74) is 0. The summed E-state index contributed by atoms with van der Waals surface area (Å²) in [7, 11) is 0. The van der Waals surface area contributed by atoms with Crippen molar-refractivity contribution in [2.75, 3.05) is 13.1 Å². The number of carboxylic acid groups (broad SMARTS) is 1. The summed E-state index contributed by atoms with van der Waals surface area (Å²) in [5.74, 6) is -0.362. The van der Waals surface area contributed by atoms with E-state index in [9.17, 15) is 9.59 Å². The molecule has 0 bridgehead atoms. The first kappa shape index (κ1) is 12.0. The molecule has 1 aliphatic heterocycles. The summed E-state index contributed by atoms with van der Waals surface area (Å²) in [6, 6.07) is 0. The van der Waals surface area contributed by atoms with Crippen LogP contribution in [0.5, 0.6) is 0 Å². The molecule has 1 atom stereocenters. The molecule has 0 aliphatic carbocycles. The van der Waals surface area contributed by atoms with E-state index in [1.54, 1.807) is 0 Å². The largest absolute Gasteiger partial charge is 0.481 e. The third-order valence-electron chi connectivity index (χ3n) is 2.81. The van der Waals surface area contributed by atoms with E-state index in [0.29, 0.717) is 5.92 Å². The van der Waals surface area contributed by atoms with Crippen molar-refractivity contribution in [1.82, 2.24) is 4.90 Å². The quantitative estimate of drug-likeness (QED) is 0.773. The Hall–Kier alpha value is -1.06. The van der Waals surface area contributed by atoms with Crippen LogP contribution in [0.3, 0.4) is 0 Å². The zero-order chi connectivity index (χ0) is 11.3. The van der Waals surface area contributed by atoms with Gasteiger partial charge in [-0.05, 0) is 18.8 Å². The van der Waals surface area contributed by atoms with Crippen molar-refractivity contribution in [3.05, 3.63) is 0 Å². The fraction of sp³-hybridized carbons (Fsp3) is 0.818. The minimum atomic E-state index is -0.897. The van der Waals surface area contributed by atoms with Gasteiger partial charge in [0.25, 0.3) is 0 Å². The molecule has 0 aromatic carbocycles. The monoisotopic (exact) mass is 213 g/mol. The van der Waals surface area contributed by atoms with Gasteiger partial charge in [0.1, 0.15) is 0 Å². The van der Waals surface area contributed by atoms with Crippen LogP contribution in [0.1, 0.15) is 39.0 Å². The summed E-state index contributed by atoms with van der Waals surface area (Å²) >= 11 is 0. The Bertz CT molecular complexity index is 240.